The summed E-state index contributed by atoms with van der Waals surface area (Å²) in [5.41, 5.74) is 6.11. The molecular weight excluding hydrogens is 375 g/mol. The first-order chi connectivity index (χ1) is 14.1. The molecule has 3 aromatic rings. The lowest BCUT2D eigenvalue weighted by atomic mass is 9.78. The van der Waals surface area contributed by atoms with Crippen molar-refractivity contribution < 1.29 is 14.0 Å². The highest BCUT2D eigenvalue weighted by Crippen LogP contribution is 2.41. The van der Waals surface area contributed by atoms with Crippen LogP contribution in [-0.2, 0) is 10.2 Å². The fourth-order valence-corrected chi connectivity index (χ4v) is 3.74. The molecule has 9 heteroatoms. The lowest BCUT2D eigenvalue weighted by molar-refractivity contribution is -0.127. The van der Waals surface area contributed by atoms with E-state index in [1.807, 2.05) is 0 Å². The predicted molar refractivity (Wildman–Crippen MR) is 101 cm³/mol. The van der Waals surface area contributed by atoms with Gasteiger partial charge >= 0.3 is 0 Å². The zero-order chi connectivity index (χ0) is 20.3. The topological polar surface area (TPSA) is 102 Å². The van der Waals surface area contributed by atoms with Crippen LogP contribution in [0.15, 0.2) is 54.9 Å². The van der Waals surface area contributed by atoms with Gasteiger partial charge in [0, 0.05) is 5.56 Å². The SMILES string of the molecule is O=C(NNC(=O)C1(c2ccc(F)cc2)CCCC1)c1ccc(-n2cnnn2)cc1. The van der Waals surface area contributed by atoms with Gasteiger partial charge in [0.2, 0.25) is 5.91 Å². The number of rotatable bonds is 4. The van der Waals surface area contributed by atoms with Gasteiger partial charge in [-0.15, -0.1) is 5.10 Å². The summed E-state index contributed by atoms with van der Waals surface area (Å²) in [6.07, 6.45) is 4.56. The van der Waals surface area contributed by atoms with Crippen LogP contribution in [0.3, 0.4) is 0 Å². The first kappa shape index (κ1) is 18.7. The Bertz CT molecular complexity index is 996. The molecule has 8 nitrogen and oxygen atoms in total. The summed E-state index contributed by atoms with van der Waals surface area (Å²) in [4.78, 5) is 25.4. The quantitative estimate of drug-likeness (QED) is 0.660. The third-order valence-electron chi connectivity index (χ3n) is 5.32. The number of nitrogens with one attached hydrogen (secondary N) is 2. The van der Waals surface area contributed by atoms with Gasteiger partial charge in [-0.05, 0) is 65.2 Å². The van der Waals surface area contributed by atoms with Crippen molar-refractivity contribution in [3.63, 3.8) is 0 Å². The van der Waals surface area contributed by atoms with E-state index in [-0.39, 0.29) is 11.7 Å². The van der Waals surface area contributed by atoms with Crippen molar-refractivity contribution in [2.75, 3.05) is 0 Å². The number of hydrogen-bond donors (Lipinski definition) is 2. The van der Waals surface area contributed by atoms with E-state index in [0.29, 0.717) is 24.1 Å². The number of halogens is 1. The van der Waals surface area contributed by atoms with E-state index in [4.69, 9.17) is 0 Å². The molecule has 2 amide bonds. The Hall–Kier alpha value is -3.62. The summed E-state index contributed by atoms with van der Waals surface area (Å²) in [6, 6.07) is 12.6. The average Bonchev–Trinajstić information content (AvgIpc) is 3.45. The van der Waals surface area contributed by atoms with Gasteiger partial charge in [-0.2, -0.15) is 0 Å². The Morgan fingerprint density at radius 2 is 1.66 bits per heavy atom. The van der Waals surface area contributed by atoms with Crippen LogP contribution < -0.4 is 10.9 Å². The highest BCUT2D eigenvalue weighted by Gasteiger charge is 2.42. The summed E-state index contributed by atoms with van der Waals surface area (Å²) in [5, 5.41) is 10.9. The lowest BCUT2D eigenvalue weighted by Crippen LogP contribution is -2.50. The van der Waals surface area contributed by atoms with Gasteiger partial charge in [0.25, 0.3) is 5.91 Å². The van der Waals surface area contributed by atoms with Crippen molar-refractivity contribution in [3.8, 4) is 5.69 Å². The molecular formula is C20H19FN6O2. The Balaban J connectivity index is 1.44. The molecule has 148 valence electrons. The zero-order valence-corrected chi connectivity index (χ0v) is 15.5. The Morgan fingerprint density at radius 1 is 0.966 bits per heavy atom. The number of tetrazole rings is 1. The van der Waals surface area contributed by atoms with E-state index in [2.05, 4.69) is 26.4 Å². The molecule has 1 aliphatic carbocycles. The van der Waals surface area contributed by atoms with E-state index in [1.165, 1.54) is 23.1 Å². The molecule has 1 aromatic heterocycles. The molecule has 1 saturated carbocycles. The molecule has 2 aromatic carbocycles. The third kappa shape index (κ3) is 3.71. The zero-order valence-electron chi connectivity index (χ0n) is 15.5. The van der Waals surface area contributed by atoms with E-state index in [0.717, 1.165) is 18.4 Å². The maximum atomic E-state index is 13.3. The van der Waals surface area contributed by atoms with Crippen LogP contribution >= 0.6 is 0 Å². The molecule has 0 unspecified atom stereocenters. The fraction of sp³-hybridized carbons (Fsp3) is 0.250. The Kier molecular flexibility index (Phi) is 5.03. The normalized spacial score (nSPS) is 15.1. The van der Waals surface area contributed by atoms with E-state index in [9.17, 15) is 14.0 Å². The van der Waals surface area contributed by atoms with Gasteiger partial charge in [-0.25, -0.2) is 9.07 Å². The number of nitrogens with zero attached hydrogens (tertiary/aromatic N) is 4. The second-order valence-corrected chi connectivity index (χ2v) is 7.01. The van der Waals surface area contributed by atoms with Gasteiger partial charge in [0.15, 0.2) is 0 Å². The number of aromatic nitrogens is 4. The van der Waals surface area contributed by atoms with Crippen molar-refractivity contribution in [1.82, 2.24) is 31.1 Å². The number of amides is 2. The first-order valence-electron chi connectivity index (χ1n) is 9.29. The molecule has 4 rings (SSSR count). The smallest absolute Gasteiger partial charge is 0.269 e. The fourth-order valence-electron chi connectivity index (χ4n) is 3.74. The number of carbonyl (C=O) groups is 2. The van der Waals surface area contributed by atoms with Gasteiger partial charge in [-0.3, -0.25) is 20.4 Å². The average molecular weight is 394 g/mol. The van der Waals surface area contributed by atoms with Crippen LogP contribution in [0.1, 0.15) is 41.6 Å². The van der Waals surface area contributed by atoms with E-state index in [1.54, 1.807) is 36.4 Å². The van der Waals surface area contributed by atoms with Crippen LogP contribution in [0.5, 0.6) is 0 Å². The predicted octanol–water partition coefficient (Wildman–Crippen LogP) is 2.07. The van der Waals surface area contributed by atoms with E-state index >= 15 is 0 Å². The van der Waals surface area contributed by atoms with Crippen LogP contribution in [-0.4, -0.2) is 32.0 Å². The highest BCUT2D eigenvalue weighted by molar-refractivity contribution is 5.97. The minimum Gasteiger partial charge on any atom is -0.272 e. The molecule has 0 radical (unpaired) electrons. The molecule has 0 bridgehead atoms. The minimum atomic E-state index is -0.759. The van der Waals surface area contributed by atoms with E-state index < -0.39 is 11.3 Å². The van der Waals surface area contributed by atoms with Gasteiger partial charge < -0.3 is 0 Å². The summed E-state index contributed by atoms with van der Waals surface area (Å²) in [5.74, 6) is -1.07. The standard InChI is InChI=1S/C20H19FN6O2/c21-16-7-5-15(6-8-16)20(11-1-2-12-20)19(29)24-23-18(28)14-3-9-17(10-4-14)27-13-22-25-26-27/h3-10,13H,1-2,11-12H2,(H,23,28)(H,24,29). The largest absolute Gasteiger partial charge is 0.272 e. The van der Waals surface area contributed by atoms with Gasteiger partial charge in [-0.1, -0.05) is 25.0 Å². The molecule has 2 N–H and O–H groups in total. The molecule has 1 fully saturated rings. The Morgan fingerprint density at radius 3 is 2.28 bits per heavy atom. The maximum absolute atomic E-state index is 13.3. The Labute approximate surface area is 166 Å². The molecule has 29 heavy (non-hydrogen) atoms. The van der Waals surface area contributed by atoms with Crippen molar-refractivity contribution in [2.45, 2.75) is 31.1 Å². The second-order valence-electron chi connectivity index (χ2n) is 7.01. The van der Waals surface area contributed by atoms with Crippen LogP contribution in [0, 0.1) is 5.82 Å². The van der Waals surface area contributed by atoms with Gasteiger partial charge in [0.1, 0.15) is 12.1 Å². The number of hydrazine groups is 1. The number of benzene rings is 2. The molecule has 1 aliphatic rings. The van der Waals surface area contributed by atoms with Crippen LogP contribution in [0.4, 0.5) is 4.39 Å². The maximum Gasteiger partial charge on any atom is 0.269 e. The number of hydrogen-bond acceptors (Lipinski definition) is 5. The second kappa shape index (κ2) is 7.78. The summed E-state index contributed by atoms with van der Waals surface area (Å²) < 4.78 is 14.8. The van der Waals surface area contributed by atoms with Crippen molar-refractivity contribution in [2.24, 2.45) is 0 Å². The van der Waals surface area contributed by atoms with Crippen molar-refractivity contribution in [3.05, 3.63) is 71.8 Å². The summed E-state index contributed by atoms with van der Waals surface area (Å²) in [7, 11) is 0. The van der Waals surface area contributed by atoms with Crippen molar-refractivity contribution in [1.29, 1.82) is 0 Å². The van der Waals surface area contributed by atoms with Crippen LogP contribution in [0.2, 0.25) is 0 Å². The summed E-state index contributed by atoms with van der Waals surface area (Å²) in [6.45, 7) is 0. The molecule has 1 heterocycles. The molecule has 0 saturated heterocycles. The monoisotopic (exact) mass is 394 g/mol. The summed E-state index contributed by atoms with van der Waals surface area (Å²) >= 11 is 0. The number of carbonyl (C=O) groups excluding carboxylic acids is 2. The molecule has 0 atom stereocenters. The molecule has 0 spiro atoms. The van der Waals surface area contributed by atoms with Crippen molar-refractivity contribution >= 4 is 11.8 Å². The highest BCUT2D eigenvalue weighted by atomic mass is 19.1. The molecule has 0 aliphatic heterocycles. The first-order valence-corrected chi connectivity index (χ1v) is 9.29. The lowest BCUT2D eigenvalue weighted by Gasteiger charge is -2.28. The van der Waals surface area contributed by atoms with Crippen LogP contribution in [0.25, 0.3) is 5.69 Å². The minimum absolute atomic E-state index is 0.291. The van der Waals surface area contributed by atoms with Gasteiger partial charge in [0.05, 0.1) is 11.1 Å². The third-order valence-corrected chi connectivity index (χ3v) is 5.32.